The molecule has 2 bridgehead atoms. The van der Waals surface area contributed by atoms with E-state index in [2.05, 4.69) is 25.7 Å². The van der Waals surface area contributed by atoms with Gasteiger partial charge in [0.15, 0.2) is 0 Å². The molecule has 3 rings (SSSR count). The van der Waals surface area contributed by atoms with Crippen molar-refractivity contribution in [2.45, 2.75) is 33.6 Å². The molecule has 1 amide bonds. The molecule has 1 saturated heterocycles. The maximum atomic E-state index is 13.1. The Morgan fingerprint density at radius 3 is 2.09 bits per heavy atom. The normalized spacial score (nSPS) is 34.0. The fraction of sp³-hybridized carbons (Fsp3) is 0.778. The van der Waals surface area contributed by atoms with Crippen LogP contribution < -0.4 is 0 Å². The third-order valence-electron chi connectivity index (χ3n) is 6.12. The molecule has 2 aliphatic carbocycles. The average molecular weight is 320 g/mol. The molecule has 0 aromatic rings. The van der Waals surface area contributed by atoms with E-state index in [-0.39, 0.29) is 23.7 Å². The number of hydrogen-bond acceptors (Lipinski definition) is 3. The second-order valence-corrected chi connectivity index (χ2v) is 7.40. The standard InChI is InChI=1S/C18H28N2O3/c1-4-19-7-9-20(10-8-19)17(21)15-12-5-6-13(14(12)11(2)3)16(15)18(22)23/h12-13,15-16H,4-10H2,1-3H3,(H,22,23)/t12-,13-,15-,16+/m1/s1. The van der Waals surface area contributed by atoms with Crippen molar-refractivity contribution in [3.8, 4) is 0 Å². The molecular formula is C18H28N2O3. The van der Waals surface area contributed by atoms with E-state index in [4.69, 9.17) is 0 Å². The number of carboxylic acids is 1. The predicted molar refractivity (Wildman–Crippen MR) is 87.9 cm³/mol. The van der Waals surface area contributed by atoms with Gasteiger partial charge in [0, 0.05) is 26.2 Å². The number of nitrogens with zero attached hydrogens (tertiary/aromatic N) is 2. The Kier molecular flexibility index (Phi) is 4.50. The van der Waals surface area contributed by atoms with Gasteiger partial charge in [-0.3, -0.25) is 9.59 Å². The number of likely N-dealkylation sites (N-methyl/N-ethyl adjacent to an activating group) is 1. The minimum absolute atomic E-state index is 0.0772. The van der Waals surface area contributed by atoms with E-state index < -0.39 is 11.9 Å². The smallest absolute Gasteiger partial charge is 0.307 e. The Bertz CT molecular complexity index is 530. The number of carbonyl (C=O) groups is 2. The van der Waals surface area contributed by atoms with Crippen LogP contribution in [0.2, 0.25) is 0 Å². The molecule has 23 heavy (non-hydrogen) atoms. The lowest BCUT2D eigenvalue weighted by Crippen LogP contribution is -2.52. The van der Waals surface area contributed by atoms with Crippen molar-refractivity contribution in [1.82, 2.24) is 9.80 Å². The molecule has 0 unspecified atom stereocenters. The van der Waals surface area contributed by atoms with E-state index in [0.717, 1.165) is 45.6 Å². The molecule has 1 heterocycles. The molecule has 4 atom stereocenters. The second-order valence-electron chi connectivity index (χ2n) is 7.40. The van der Waals surface area contributed by atoms with Gasteiger partial charge in [-0.2, -0.15) is 0 Å². The first-order valence-corrected chi connectivity index (χ1v) is 8.86. The van der Waals surface area contributed by atoms with Gasteiger partial charge in [0.05, 0.1) is 11.8 Å². The van der Waals surface area contributed by atoms with Gasteiger partial charge >= 0.3 is 5.97 Å². The van der Waals surface area contributed by atoms with Crippen LogP contribution in [0, 0.1) is 23.7 Å². The summed E-state index contributed by atoms with van der Waals surface area (Å²) >= 11 is 0. The molecule has 5 nitrogen and oxygen atoms in total. The zero-order chi connectivity index (χ0) is 16.7. The highest BCUT2D eigenvalue weighted by molar-refractivity contribution is 5.87. The fourth-order valence-electron chi connectivity index (χ4n) is 5.08. The molecule has 1 N–H and O–H groups in total. The van der Waals surface area contributed by atoms with Crippen molar-refractivity contribution in [3.63, 3.8) is 0 Å². The van der Waals surface area contributed by atoms with E-state index in [1.54, 1.807) is 0 Å². The van der Waals surface area contributed by atoms with Crippen molar-refractivity contribution < 1.29 is 14.7 Å². The molecular weight excluding hydrogens is 292 g/mol. The van der Waals surface area contributed by atoms with E-state index in [9.17, 15) is 14.7 Å². The summed E-state index contributed by atoms with van der Waals surface area (Å²) in [5.41, 5.74) is 2.48. The summed E-state index contributed by atoms with van der Waals surface area (Å²) in [5, 5.41) is 9.73. The topological polar surface area (TPSA) is 60.9 Å². The number of hydrogen-bond donors (Lipinski definition) is 1. The number of carboxylic acid groups (broad SMARTS) is 1. The van der Waals surface area contributed by atoms with Crippen LogP contribution in [-0.4, -0.2) is 59.5 Å². The Balaban J connectivity index is 1.82. The molecule has 2 saturated carbocycles. The molecule has 0 aromatic carbocycles. The number of fused-ring (bicyclic) bond motifs is 2. The van der Waals surface area contributed by atoms with Crippen LogP contribution in [0.15, 0.2) is 11.1 Å². The summed E-state index contributed by atoms with van der Waals surface area (Å²) in [4.78, 5) is 29.2. The maximum Gasteiger partial charge on any atom is 0.307 e. The number of rotatable bonds is 3. The quantitative estimate of drug-likeness (QED) is 0.806. The van der Waals surface area contributed by atoms with Crippen molar-refractivity contribution in [2.75, 3.05) is 32.7 Å². The van der Waals surface area contributed by atoms with Crippen LogP contribution in [0.3, 0.4) is 0 Å². The molecule has 0 aromatic heterocycles. The molecule has 0 radical (unpaired) electrons. The van der Waals surface area contributed by atoms with E-state index in [1.165, 1.54) is 11.1 Å². The zero-order valence-corrected chi connectivity index (χ0v) is 14.4. The summed E-state index contributed by atoms with van der Waals surface area (Å²) < 4.78 is 0. The van der Waals surface area contributed by atoms with Crippen LogP contribution in [-0.2, 0) is 9.59 Å². The van der Waals surface area contributed by atoms with Crippen LogP contribution in [0.25, 0.3) is 0 Å². The largest absolute Gasteiger partial charge is 0.481 e. The van der Waals surface area contributed by atoms with E-state index >= 15 is 0 Å². The van der Waals surface area contributed by atoms with Gasteiger partial charge in [-0.1, -0.05) is 18.1 Å². The van der Waals surface area contributed by atoms with Gasteiger partial charge in [0.1, 0.15) is 0 Å². The summed E-state index contributed by atoms with van der Waals surface area (Å²) in [6.45, 7) is 10.5. The summed E-state index contributed by atoms with van der Waals surface area (Å²) in [5.74, 6) is -1.34. The first-order chi connectivity index (χ1) is 11.0. The molecule has 3 fully saturated rings. The highest BCUT2D eigenvalue weighted by atomic mass is 16.4. The molecule has 0 spiro atoms. The Morgan fingerprint density at radius 1 is 1.04 bits per heavy atom. The van der Waals surface area contributed by atoms with E-state index in [1.807, 2.05) is 4.90 Å². The second kappa shape index (κ2) is 6.27. The summed E-state index contributed by atoms with van der Waals surface area (Å²) in [7, 11) is 0. The monoisotopic (exact) mass is 320 g/mol. The average Bonchev–Trinajstić information content (AvgIpc) is 3.10. The van der Waals surface area contributed by atoms with Crippen LogP contribution in [0.5, 0.6) is 0 Å². The Labute approximate surface area is 138 Å². The Morgan fingerprint density at radius 2 is 1.61 bits per heavy atom. The third kappa shape index (κ3) is 2.69. The number of amides is 1. The predicted octanol–water partition coefficient (Wildman–Crippen LogP) is 1.84. The van der Waals surface area contributed by atoms with Gasteiger partial charge in [0.2, 0.25) is 5.91 Å². The third-order valence-corrected chi connectivity index (χ3v) is 6.12. The number of allylic oxidation sites excluding steroid dienone is 2. The summed E-state index contributed by atoms with van der Waals surface area (Å²) in [6.07, 6.45) is 1.90. The van der Waals surface area contributed by atoms with Crippen molar-refractivity contribution in [2.24, 2.45) is 23.7 Å². The molecule has 1 aliphatic heterocycles. The van der Waals surface area contributed by atoms with Crippen LogP contribution >= 0.6 is 0 Å². The molecule has 3 aliphatic rings. The van der Waals surface area contributed by atoms with Gasteiger partial charge < -0.3 is 14.9 Å². The lowest BCUT2D eigenvalue weighted by Gasteiger charge is -2.37. The molecule has 128 valence electrons. The number of piperazine rings is 1. The SMILES string of the molecule is CCN1CCN(C(=O)[C@H]2[C@@H](C(=O)O)[C@@H]3CC[C@@H]2C3=C(C)C)CC1. The minimum Gasteiger partial charge on any atom is -0.481 e. The fourth-order valence-corrected chi connectivity index (χ4v) is 5.08. The first kappa shape index (κ1) is 16.5. The van der Waals surface area contributed by atoms with Gasteiger partial charge in [-0.25, -0.2) is 0 Å². The molecule has 5 heteroatoms. The van der Waals surface area contributed by atoms with Crippen molar-refractivity contribution in [3.05, 3.63) is 11.1 Å². The zero-order valence-electron chi connectivity index (χ0n) is 14.4. The van der Waals surface area contributed by atoms with Crippen LogP contribution in [0.4, 0.5) is 0 Å². The van der Waals surface area contributed by atoms with Crippen molar-refractivity contribution >= 4 is 11.9 Å². The minimum atomic E-state index is -0.790. The van der Waals surface area contributed by atoms with Gasteiger partial charge in [-0.15, -0.1) is 0 Å². The van der Waals surface area contributed by atoms with Gasteiger partial charge in [-0.05, 0) is 45.1 Å². The van der Waals surface area contributed by atoms with Crippen molar-refractivity contribution in [1.29, 1.82) is 0 Å². The highest BCUT2D eigenvalue weighted by Gasteiger charge is 2.57. The Hall–Kier alpha value is -1.36. The summed E-state index contributed by atoms with van der Waals surface area (Å²) in [6, 6.07) is 0. The van der Waals surface area contributed by atoms with Gasteiger partial charge in [0.25, 0.3) is 0 Å². The highest BCUT2D eigenvalue weighted by Crippen LogP contribution is 2.57. The number of aliphatic carboxylic acids is 1. The van der Waals surface area contributed by atoms with Crippen LogP contribution in [0.1, 0.15) is 33.6 Å². The van der Waals surface area contributed by atoms with E-state index in [0.29, 0.717) is 0 Å². The lowest BCUT2D eigenvalue weighted by molar-refractivity contribution is -0.153. The lowest BCUT2D eigenvalue weighted by atomic mass is 9.78. The number of carbonyl (C=O) groups excluding carboxylic acids is 1. The first-order valence-electron chi connectivity index (χ1n) is 8.86. The maximum absolute atomic E-state index is 13.1.